The molecule has 0 aliphatic rings. The second-order valence-corrected chi connectivity index (χ2v) is 3.83. The predicted octanol–water partition coefficient (Wildman–Crippen LogP) is 0.372. The van der Waals surface area contributed by atoms with E-state index in [1.165, 1.54) is 0 Å². The Kier molecular flexibility index (Phi) is 5.65. The van der Waals surface area contributed by atoms with Gasteiger partial charge in [-0.1, -0.05) is 6.92 Å². The molecule has 0 amide bonds. The van der Waals surface area contributed by atoms with Crippen molar-refractivity contribution in [1.29, 1.82) is 0 Å². The fraction of sp³-hybridized carbons (Fsp3) is 0.636. The van der Waals surface area contributed by atoms with Gasteiger partial charge in [0, 0.05) is 19.2 Å². The third-order valence-electron chi connectivity index (χ3n) is 2.12. The lowest BCUT2D eigenvalue weighted by atomic mass is 10.3. The Balaban J connectivity index is 2.61. The van der Waals surface area contributed by atoms with Crippen LogP contribution in [0, 0.1) is 6.92 Å². The van der Waals surface area contributed by atoms with Crippen LogP contribution in [0.3, 0.4) is 0 Å². The zero-order valence-electron chi connectivity index (χ0n) is 10.3. The lowest BCUT2D eigenvalue weighted by molar-refractivity contribution is 0.105. The Hall–Kier alpha value is -1.40. The largest absolute Gasteiger partial charge is 0.394 e. The van der Waals surface area contributed by atoms with Crippen LogP contribution in [0.4, 0.5) is 11.6 Å². The number of aliphatic hydroxyl groups is 2. The van der Waals surface area contributed by atoms with Crippen molar-refractivity contribution >= 4 is 11.6 Å². The molecule has 1 rings (SSSR count). The zero-order valence-corrected chi connectivity index (χ0v) is 10.3. The summed E-state index contributed by atoms with van der Waals surface area (Å²) in [5.74, 6) is 2.07. The fourth-order valence-corrected chi connectivity index (χ4v) is 1.29. The zero-order chi connectivity index (χ0) is 12.7. The first-order chi connectivity index (χ1) is 8.15. The van der Waals surface area contributed by atoms with Crippen LogP contribution >= 0.6 is 0 Å². The Labute approximate surface area is 101 Å². The van der Waals surface area contributed by atoms with E-state index in [9.17, 15) is 5.11 Å². The Morgan fingerprint density at radius 3 is 2.53 bits per heavy atom. The molecule has 1 aromatic rings. The monoisotopic (exact) mass is 240 g/mol. The van der Waals surface area contributed by atoms with Crippen LogP contribution in [0.2, 0.25) is 0 Å². The SMILES string of the molecule is CCCNc1cc(NCC(O)CO)nc(C)n1. The molecular formula is C11H20N4O2. The Morgan fingerprint density at radius 1 is 1.29 bits per heavy atom. The van der Waals surface area contributed by atoms with E-state index in [1.54, 1.807) is 6.07 Å². The maximum absolute atomic E-state index is 9.23. The number of aromatic nitrogens is 2. The summed E-state index contributed by atoms with van der Waals surface area (Å²) in [4.78, 5) is 8.44. The van der Waals surface area contributed by atoms with Crippen LogP contribution in [-0.4, -0.2) is 46.0 Å². The van der Waals surface area contributed by atoms with E-state index in [2.05, 4.69) is 27.5 Å². The van der Waals surface area contributed by atoms with E-state index in [1.807, 2.05) is 6.92 Å². The lowest BCUT2D eigenvalue weighted by Crippen LogP contribution is -2.23. The van der Waals surface area contributed by atoms with E-state index in [0.29, 0.717) is 11.6 Å². The maximum atomic E-state index is 9.23. The van der Waals surface area contributed by atoms with Crippen molar-refractivity contribution in [1.82, 2.24) is 9.97 Å². The van der Waals surface area contributed by atoms with Gasteiger partial charge in [-0.25, -0.2) is 9.97 Å². The van der Waals surface area contributed by atoms with Crippen LogP contribution in [0.1, 0.15) is 19.2 Å². The summed E-state index contributed by atoms with van der Waals surface area (Å²) in [6.45, 7) is 4.75. The molecule has 0 fully saturated rings. The number of aliphatic hydroxyl groups excluding tert-OH is 2. The highest BCUT2D eigenvalue weighted by molar-refractivity contribution is 5.47. The number of nitrogens with zero attached hydrogens (tertiary/aromatic N) is 2. The molecule has 6 heteroatoms. The molecule has 0 bridgehead atoms. The summed E-state index contributed by atoms with van der Waals surface area (Å²) in [5, 5.41) is 24.1. The summed E-state index contributed by atoms with van der Waals surface area (Å²) in [5.41, 5.74) is 0. The van der Waals surface area contributed by atoms with Crippen molar-refractivity contribution in [3.63, 3.8) is 0 Å². The molecular weight excluding hydrogens is 220 g/mol. The van der Waals surface area contributed by atoms with E-state index >= 15 is 0 Å². The normalized spacial score (nSPS) is 12.2. The van der Waals surface area contributed by atoms with Crippen LogP contribution in [-0.2, 0) is 0 Å². The molecule has 17 heavy (non-hydrogen) atoms. The molecule has 1 atom stereocenters. The van der Waals surface area contributed by atoms with E-state index < -0.39 is 6.10 Å². The predicted molar refractivity (Wildman–Crippen MR) is 67.1 cm³/mol. The van der Waals surface area contributed by atoms with Gasteiger partial charge >= 0.3 is 0 Å². The molecule has 0 spiro atoms. The van der Waals surface area contributed by atoms with Crippen LogP contribution < -0.4 is 10.6 Å². The fourth-order valence-electron chi connectivity index (χ4n) is 1.29. The molecule has 1 unspecified atom stereocenters. The van der Waals surface area contributed by atoms with Crippen molar-refractivity contribution in [2.24, 2.45) is 0 Å². The second-order valence-electron chi connectivity index (χ2n) is 3.83. The van der Waals surface area contributed by atoms with Gasteiger partial charge in [-0.2, -0.15) is 0 Å². The van der Waals surface area contributed by atoms with E-state index in [-0.39, 0.29) is 13.2 Å². The Morgan fingerprint density at radius 2 is 1.94 bits per heavy atom. The molecule has 1 heterocycles. The van der Waals surface area contributed by atoms with Crippen LogP contribution in [0.5, 0.6) is 0 Å². The van der Waals surface area contributed by atoms with Crippen molar-refractivity contribution in [2.75, 3.05) is 30.3 Å². The van der Waals surface area contributed by atoms with Crippen molar-refractivity contribution in [3.05, 3.63) is 11.9 Å². The van der Waals surface area contributed by atoms with Gasteiger partial charge < -0.3 is 20.8 Å². The molecule has 6 nitrogen and oxygen atoms in total. The minimum absolute atomic E-state index is 0.264. The van der Waals surface area contributed by atoms with Gasteiger partial charge in [0.2, 0.25) is 0 Å². The maximum Gasteiger partial charge on any atom is 0.131 e. The second kappa shape index (κ2) is 7.03. The summed E-state index contributed by atoms with van der Waals surface area (Å²) in [6, 6.07) is 1.78. The number of hydrogen-bond donors (Lipinski definition) is 4. The van der Waals surface area contributed by atoms with E-state index in [4.69, 9.17) is 5.11 Å². The van der Waals surface area contributed by atoms with Gasteiger partial charge in [-0.15, -0.1) is 0 Å². The minimum atomic E-state index is -0.780. The highest BCUT2D eigenvalue weighted by Crippen LogP contribution is 2.10. The van der Waals surface area contributed by atoms with Crippen molar-refractivity contribution in [3.8, 4) is 0 Å². The van der Waals surface area contributed by atoms with Gasteiger partial charge in [0.05, 0.1) is 12.7 Å². The third kappa shape index (κ3) is 4.97. The summed E-state index contributed by atoms with van der Waals surface area (Å²) in [6.07, 6.45) is 0.243. The average Bonchev–Trinajstić information content (AvgIpc) is 2.32. The number of aryl methyl sites for hydroxylation is 1. The molecule has 0 aromatic carbocycles. The molecule has 0 saturated carbocycles. The van der Waals surface area contributed by atoms with Gasteiger partial charge in [0.25, 0.3) is 0 Å². The Bertz CT molecular complexity index is 346. The van der Waals surface area contributed by atoms with Gasteiger partial charge in [0.15, 0.2) is 0 Å². The highest BCUT2D eigenvalue weighted by atomic mass is 16.3. The van der Waals surface area contributed by atoms with Crippen molar-refractivity contribution < 1.29 is 10.2 Å². The summed E-state index contributed by atoms with van der Waals surface area (Å²) < 4.78 is 0. The van der Waals surface area contributed by atoms with Gasteiger partial charge in [-0.05, 0) is 13.3 Å². The molecule has 0 saturated heterocycles. The van der Waals surface area contributed by atoms with E-state index in [0.717, 1.165) is 18.8 Å². The standard InChI is InChI=1S/C11H20N4O2/c1-3-4-12-10-5-11(15-8(2)14-10)13-6-9(17)7-16/h5,9,16-17H,3-4,6-7H2,1-2H3,(H2,12,13,14,15). The lowest BCUT2D eigenvalue weighted by Gasteiger charge is -2.11. The smallest absolute Gasteiger partial charge is 0.131 e. The van der Waals surface area contributed by atoms with Crippen LogP contribution in [0.15, 0.2) is 6.07 Å². The first kappa shape index (κ1) is 13.7. The molecule has 4 N–H and O–H groups in total. The molecule has 1 aromatic heterocycles. The first-order valence-corrected chi connectivity index (χ1v) is 5.78. The highest BCUT2D eigenvalue weighted by Gasteiger charge is 2.04. The molecule has 0 aliphatic heterocycles. The summed E-state index contributed by atoms with van der Waals surface area (Å²) >= 11 is 0. The number of rotatable bonds is 7. The minimum Gasteiger partial charge on any atom is -0.394 e. The third-order valence-corrected chi connectivity index (χ3v) is 2.12. The molecule has 0 aliphatic carbocycles. The number of hydrogen-bond acceptors (Lipinski definition) is 6. The van der Waals surface area contributed by atoms with Crippen LogP contribution in [0.25, 0.3) is 0 Å². The van der Waals surface area contributed by atoms with Crippen molar-refractivity contribution in [2.45, 2.75) is 26.4 Å². The molecule has 96 valence electrons. The number of nitrogens with one attached hydrogen (secondary N) is 2. The summed E-state index contributed by atoms with van der Waals surface area (Å²) in [7, 11) is 0. The topological polar surface area (TPSA) is 90.3 Å². The first-order valence-electron chi connectivity index (χ1n) is 5.78. The number of anilines is 2. The van der Waals surface area contributed by atoms with Gasteiger partial charge in [-0.3, -0.25) is 0 Å². The molecule has 0 radical (unpaired) electrons. The van der Waals surface area contributed by atoms with Gasteiger partial charge in [0.1, 0.15) is 17.5 Å². The quantitative estimate of drug-likeness (QED) is 0.550. The average molecular weight is 240 g/mol.